The number of benzene rings is 1. The van der Waals surface area contributed by atoms with E-state index in [4.69, 9.17) is 5.73 Å². The lowest BCUT2D eigenvalue weighted by molar-refractivity contribution is -0.118. The predicted octanol–water partition coefficient (Wildman–Crippen LogP) is 1.12. The number of nitrogens with zero attached hydrogens (tertiary/aromatic N) is 1. The zero-order valence-electron chi connectivity index (χ0n) is 12.3. The second-order valence-electron chi connectivity index (χ2n) is 5.46. The van der Waals surface area contributed by atoms with Gasteiger partial charge in [-0.1, -0.05) is 24.0 Å². The Morgan fingerprint density at radius 2 is 1.95 bits per heavy atom. The van der Waals surface area contributed by atoms with Crippen molar-refractivity contribution >= 4 is 5.91 Å². The first-order valence-corrected chi connectivity index (χ1v) is 6.57. The van der Waals surface area contributed by atoms with Crippen LogP contribution in [0.5, 0.6) is 0 Å². The van der Waals surface area contributed by atoms with Crippen molar-refractivity contribution in [2.75, 3.05) is 13.6 Å². The summed E-state index contributed by atoms with van der Waals surface area (Å²) >= 11 is 0. The summed E-state index contributed by atoms with van der Waals surface area (Å²) in [5, 5.41) is 9.54. The van der Waals surface area contributed by atoms with Crippen molar-refractivity contribution in [2.45, 2.75) is 32.4 Å². The van der Waals surface area contributed by atoms with E-state index >= 15 is 0 Å². The van der Waals surface area contributed by atoms with Crippen LogP contribution >= 0.6 is 0 Å². The minimum atomic E-state index is -0.979. The van der Waals surface area contributed by atoms with Gasteiger partial charge in [-0.05, 0) is 38.6 Å². The number of carbonyl (C=O) groups is 1. The fourth-order valence-corrected chi connectivity index (χ4v) is 1.61. The number of rotatable bonds is 5. The third-order valence-corrected chi connectivity index (χ3v) is 2.66. The molecule has 0 saturated carbocycles. The molecule has 1 aromatic rings. The van der Waals surface area contributed by atoms with E-state index in [1.54, 1.807) is 13.8 Å². The highest BCUT2D eigenvalue weighted by Crippen LogP contribution is 2.07. The molecule has 0 heterocycles. The Morgan fingerprint density at radius 1 is 1.35 bits per heavy atom. The molecule has 0 aliphatic rings. The van der Waals surface area contributed by atoms with Gasteiger partial charge in [0.2, 0.25) is 5.91 Å². The van der Waals surface area contributed by atoms with Crippen LogP contribution in [0.15, 0.2) is 24.3 Å². The Labute approximate surface area is 120 Å². The summed E-state index contributed by atoms with van der Waals surface area (Å²) in [6, 6.07) is 7.84. The fourth-order valence-electron chi connectivity index (χ4n) is 1.61. The van der Waals surface area contributed by atoms with Crippen molar-refractivity contribution in [1.82, 2.24) is 4.90 Å². The number of aliphatic hydroxyl groups is 1. The summed E-state index contributed by atoms with van der Waals surface area (Å²) in [5.74, 6) is 5.42. The van der Waals surface area contributed by atoms with Gasteiger partial charge < -0.3 is 15.7 Å². The van der Waals surface area contributed by atoms with Gasteiger partial charge in [-0.25, -0.2) is 0 Å². The van der Waals surface area contributed by atoms with E-state index in [1.165, 1.54) is 0 Å². The van der Waals surface area contributed by atoms with Crippen molar-refractivity contribution in [2.24, 2.45) is 5.73 Å². The first-order valence-electron chi connectivity index (χ1n) is 6.57. The molecule has 0 aliphatic carbocycles. The molecular weight excluding hydrogens is 252 g/mol. The third-order valence-electron chi connectivity index (χ3n) is 2.66. The number of hydrogen-bond donors (Lipinski definition) is 2. The van der Waals surface area contributed by atoms with E-state index in [2.05, 4.69) is 11.8 Å². The van der Waals surface area contributed by atoms with Crippen LogP contribution in [0.1, 0.15) is 31.4 Å². The van der Waals surface area contributed by atoms with Crippen molar-refractivity contribution < 1.29 is 9.90 Å². The summed E-state index contributed by atoms with van der Waals surface area (Å²) in [6.45, 7) is 4.71. The van der Waals surface area contributed by atoms with Crippen LogP contribution in [-0.4, -0.2) is 35.1 Å². The molecule has 0 unspecified atom stereocenters. The summed E-state index contributed by atoms with van der Waals surface area (Å²) in [4.78, 5) is 12.8. The molecule has 108 valence electrons. The van der Waals surface area contributed by atoms with Crippen LogP contribution in [0.4, 0.5) is 0 Å². The van der Waals surface area contributed by atoms with Crippen LogP contribution < -0.4 is 5.73 Å². The van der Waals surface area contributed by atoms with E-state index in [0.29, 0.717) is 13.0 Å². The average Bonchev–Trinajstić information content (AvgIpc) is 2.34. The maximum atomic E-state index is 10.7. The molecule has 0 bridgehead atoms. The highest BCUT2D eigenvalue weighted by Gasteiger charge is 2.06. The summed E-state index contributed by atoms with van der Waals surface area (Å²) in [6.07, 6.45) is 0.367. The number of nitrogens with two attached hydrogens (primary N) is 1. The average molecular weight is 274 g/mol. The first-order chi connectivity index (χ1) is 9.26. The molecule has 1 rings (SSSR count). The van der Waals surface area contributed by atoms with Crippen LogP contribution in [0.25, 0.3) is 0 Å². The Bertz CT molecular complexity index is 504. The monoisotopic (exact) mass is 274 g/mol. The second-order valence-corrected chi connectivity index (χ2v) is 5.46. The van der Waals surface area contributed by atoms with Gasteiger partial charge in [-0.3, -0.25) is 4.79 Å². The first kappa shape index (κ1) is 16.2. The molecule has 0 spiro atoms. The summed E-state index contributed by atoms with van der Waals surface area (Å²) in [7, 11) is 1.95. The van der Waals surface area contributed by atoms with E-state index in [-0.39, 0.29) is 5.91 Å². The standard InChI is InChI=1S/C16H22N2O2/c1-16(2,20)10-8-13-4-6-14(7-5-13)12-18(3)11-9-15(17)19/h4-7,20H,9,11-12H2,1-3H3,(H2,17,19). The Morgan fingerprint density at radius 3 is 2.45 bits per heavy atom. The largest absolute Gasteiger partial charge is 0.378 e. The van der Waals surface area contributed by atoms with Crippen LogP contribution in [0.2, 0.25) is 0 Å². The minimum Gasteiger partial charge on any atom is -0.378 e. The van der Waals surface area contributed by atoms with Gasteiger partial charge in [-0.2, -0.15) is 0 Å². The minimum absolute atomic E-state index is 0.283. The molecule has 0 fully saturated rings. The maximum absolute atomic E-state index is 10.7. The fraction of sp³-hybridized carbons (Fsp3) is 0.438. The van der Waals surface area contributed by atoms with Crippen molar-refractivity contribution in [3.05, 3.63) is 35.4 Å². The highest BCUT2D eigenvalue weighted by molar-refractivity contribution is 5.73. The second kappa shape index (κ2) is 7.09. The maximum Gasteiger partial charge on any atom is 0.218 e. The van der Waals surface area contributed by atoms with Crippen LogP contribution in [0.3, 0.4) is 0 Å². The van der Waals surface area contributed by atoms with Crippen LogP contribution in [0, 0.1) is 11.8 Å². The highest BCUT2D eigenvalue weighted by atomic mass is 16.3. The zero-order chi connectivity index (χ0) is 15.2. The lowest BCUT2D eigenvalue weighted by atomic mass is 10.1. The van der Waals surface area contributed by atoms with E-state index in [0.717, 1.165) is 17.7 Å². The molecular formula is C16H22N2O2. The van der Waals surface area contributed by atoms with Gasteiger partial charge in [0, 0.05) is 25.1 Å². The summed E-state index contributed by atoms with van der Waals surface area (Å²) < 4.78 is 0. The third kappa shape index (κ3) is 6.93. The van der Waals surface area contributed by atoms with Crippen molar-refractivity contribution in [3.63, 3.8) is 0 Å². The molecule has 1 aromatic carbocycles. The number of carbonyl (C=O) groups excluding carboxylic acids is 1. The lowest BCUT2D eigenvalue weighted by Gasteiger charge is -2.15. The Hall–Kier alpha value is -1.83. The molecule has 4 nitrogen and oxygen atoms in total. The Kier molecular flexibility index (Phi) is 5.75. The van der Waals surface area contributed by atoms with Gasteiger partial charge in [0.25, 0.3) is 0 Å². The topological polar surface area (TPSA) is 66.6 Å². The van der Waals surface area contributed by atoms with Gasteiger partial charge in [0.15, 0.2) is 0 Å². The molecule has 0 saturated heterocycles. The van der Waals surface area contributed by atoms with E-state index < -0.39 is 5.60 Å². The molecule has 3 N–H and O–H groups in total. The smallest absolute Gasteiger partial charge is 0.218 e. The molecule has 0 aliphatic heterocycles. The zero-order valence-corrected chi connectivity index (χ0v) is 12.3. The number of hydrogen-bond acceptors (Lipinski definition) is 3. The van der Waals surface area contributed by atoms with Crippen molar-refractivity contribution in [1.29, 1.82) is 0 Å². The lowest BCUT2D eigenvalue weighted by Crippen LogP contribution is -2.24. The normalized spacial score (nSPS) is 11.1. The van der Waals surface area contributed by atoms with E-state index in [9.17, 15) is 9.90 Å². The van der Waals surface area contributed by atoms with Crippen molar-refractivity contribution in [3.8, 4) is 11.8 Å². The molecule has 20 heavy (non-hydrogen) atoms. The quantitative estimate of drug-likeness (QED) is 0.791. The number of amides is 1. The van der Waals surface area contributed by atoms with Gasteiger partial charge in [0.05, 0.1) is 0 Å². The molecule has 0 radical (unpaired) electrons. The predicted molar refractivity (Wildman–Crippen MR) is 79.8 cm³/mol. The SMILES string of the molecule is CN(CCC(N)=O)Cc1ccc(C#CC(C)(C)O)cc1. The molecule has 0 aromatic heterocycles. The number of primary amides is 1. The van der Waals surface area contributed by atoms with Gasteiger partial charge in [-0.15, -0.1) is 0 Å². The molecule has 1 amide bonds. The van der Waals surface area contributed by atoms with Gasteiger partial charge >= 0.3 is 0 Å². The molecule has 0 atom stereocenters. The van der Waals surface area contributed by atoms with E-state index in [1.807, 2.05) is 36.2 Å². The summed E-state index contributed by atoms with van der Waals surface area (Å²) in [5.41, 5.74) is 6.16. The molecule has 4 heteroatoms. The van der Waals surface area contributed by atoms with Gasteiger partial charge in [0.1, 0.15) is 5.60 Å². The Balaban J connectivity index is 2.58. The van der Waals surface area contributed by atoms with Crippen LogP contribution in [-0.2, 0) is 11.3 Å².